The van der Waals surface area contributed by atoms with Crippen LogP contribution in [-0.2, 0) is 4.79 Å². The third kappa shape index (κ3) is 2.19. The molecule has 4 N–H and O–H groups in total. The van der Waals surface area contributed by atoms with Crippen LogP contribution in [0.2, 0.25) is 0 Å². The zero-order chi connectivity index (χ0) is 8.32. The SMILES string of the molecule is NNC=NC1(CC(=O)O)CC1. The first kappa shape index (κ1) is 8.00. The number of hydrazine groups is 1. The maximum Gasteiger partial charge on any atom is 0.305 e. The highest BCUT2D eigenvalue weighted by molar-refractivity contribution is 5.70. The van der Waals surface area contributed by atoms with Crippen LogP contribution in [0.3, 0.4) is 0 Å². The minimum atomic E-state index is -0.809. The van der Waals surface area contributed by atoms with Crippen LogP contribution in [-0.4, -0.2) is 23.0 Å². The van der Waals surface area contributed by atoms with Crippen LogP contribution in [0.5, 0.6) is 0 Å². The summed E-state index contributed by atoms with van der Waals surface area (Å²) < 4.78 is 0. The van der Waals surface area contributed by atoms with Crippen molar-refractivity contribution in [3.05, 3.63) is 0 Å². The van der Waals surface area contributed by atoms with E-state index in [0.717, 1.165) is 12.8 Å². The Morgan fingerprint density at radius 2 is 2.45 bits per heavy atom. The predicted molar refractivity (Wildman–Crippen MR) is 40.0 cm³/mol. The number of hydrogen-bond donors (Lipinski definition) is 3. The van der Waals surface area contributed by atoms with Crippen LogP contribution in [0.15, 0.2) is 4.99 Å². The van der Waals surface area contributed by atoms with Crippen LogP contribution in [0.25, 0.3) is 0 Å². The van der Waals surface area contributed by atoms with E-state index in [1.807, 2.05) is 0 Å². The fourth-order valence-corrected chi connectivity index (χ4v) is 0.952. The third-order valence-electron chi connectivity index (χ3n) is 1.72. The van der Waals surface area contributed by atoms with Crippen molar-refractivity contribution in [2.75, 3.05) is 0 Å². The van der Waals surface area contributed by atoms with Crippen molar-refractivity contribution >= 4 is 12.3 Å². The normalized spacial score (nSPS) is 20.1. The van der Waals surface area contributed by atoms with E-state index in [4.69, 9.17) is 10.9 Å². The number of nitrogens with two attached hydrogens (primary N) is 1. The summed E-state index contributed by atoms with van der Waals surface area (Å²) in [5.41, 5.74) is 1.90. The molecule has 11 heavy (non-hydrogen) atoms. The lowest BCUT2D eigenvalue weighted by Crippen LogP contribution is -2.22. The molecule has 1 saturated carbocycles. The van der Waals surface area contributed by atoms with Gasteiger partial charge in [-0.25, -0.2) is 5.84 Å². The molecule has 1 aliphatic carbocycles. The molecule has 0 aromatic heterocycles. The van der Waals surface area contributed by atoms with Gasteiger partial charge in [0.05, 0.1) is 18.3 Å². The summed E-state index contributed by atoms with van der Waals surface area (Å²) in [6, 6.07) is 0. The van der Waals surface area contributed by atoms with Gasteiger partial charge in [0.25, 0.3) is 0 Å². The number of aliphatic carboxylic acids is 1. The summed E-state index contributed by atoms with van der Waals surface area (Å²) in [5.74, 6) is 4.14. The Kier molecular flexibility index (Phi) is 2.09. The minimum absolute atomic E-state index is 0.102. The monoisotopic (exact) mass is 157 g/mol. The molecule has 0 heterocycles. The van der Waals surface area contributed by atoms with E-state index in [0.29, 0.717) is 0 Å². The van der Waals surface area contributed by atoms with Gasteiger partial charge in [-0.05, 0) is 12.8 Å². The van der Waals surface area contributed by atoms with E-state index in [1.165, 1.54) is 6.34 Å². The average Bonchev–Trinajstić information content (AvgIpc) is 2.64. The van der Waals surface area contributed by atoms with Crippen LogP contribution in [0.1, 0.15) is 19.3 Å². The lowest BCUT2D eigenvalue weighted by Gasteiger charge is -2.03. The number of nitrogens with zero attached hydrogens (tertiary/aromatic N) is 1. The molecular weight excluding hydrogens is 146 g/mol. The Morgan fingerprint density at radius 3 is 2.82 bits per heavy atom. The summed E-state index contributed by atoms with van der Waals surface area (Å²) in [7, 11) is 0. The predicted octanol–water partition coefficient (Wildman–Crippen LogP) is -0.515. The molecule has 0 saturated heterocycles. The second-order valence-corrected chi connectivity index (χ2v) is 2.72. The van der Waals surface area contributed by atoms with Crippen molar-refractivity contribution < 1.29 is 9.90 Å². The molecule has 1 aliphatic rings. The molecule has 5 heteroatoms. The van der Waals surface area contributed by atoms with E-state index in [2.05, 4.69) is 10.4 Å². The molecule has 62 valence electrons. The zero-order valence-electron chi connectivity index (χ0n) is 6.08. The number of nitrogens with one attached hydrogen (secondary N) is 1. The fraction of sp³-hybridized carbons (Fsp3) is 0.667. The van der Waals surface area contributed by atoms with Crippen LogP contribution in [0, 0.1) is 0 Å². The second-order valence-electron chi connectivity index (χ2n) is 2.72. The maximum absolute atomic E-state index is 10.3. The Balaban J connectivity index is 2.41. The standard InChI is InChI=1S/C6H11N3O2/c7-9-4-8-6(1-2-6)3-5(10)11/h4H,1-3,7H2,(H,8,9)(H,10,11). The van der Waals surface area contributed by atoms with E-state index in [1.54, 1.807) is 0 Å². The average molecular weight is 157 g/mol. The quantitative estimate of drug-likeness (QED) is 0.222. The fourth-order valence-electron chi connectivity index (χ4n) is 0.952. The van der Waals surface area contributed by atoms with Gasteiger partial charge < -0.3 is 10.5 Å². The zero-order valence-corrected chi connectivity index (χ0v) is 6.08. The molecule has 1 rings (SSSR count). The lowest BCUT2D eigenvalue weighted by molar-refractivity contribution is -0.137. The van der Waals surface area contributed by atoms with Gasteiger partial charge in [-0.2, -0.15) is 0 Å². The van der Waals surface area contributed by atoms with Gasteiger partial charge in [-0.1, -0.05) is 0 Å². The third-order valence-corrected chi connectivity index (χ3v) is 1.72. The number of aliphatic imine (C=N–C) groups is 1. The van der Waals surface area contributed by atoms with E-state index >= 15 is 0 Å². The molecule has 0 amide bonds. The number of rotatable bonds is 4. The number of carboxylic acid groups (broad SMARTS) is 1. The first-order chi connectivity index (χ1) is 5.18. The number of carbonyl (C=O) groups is 1. The van der Waals surface area contributed by atoms with Crippen molar-refractivity contribution in [3.8, 4) is 0 Å². The smallest absolute Gasteiger partial charge is 0.305 e. The Hall–Kier alpha value is -1.10. The highest BCUT2D eigenvalue weighted by Gasteiger charge is 2.44. The van der Waals surface area contributed by atoms with Gasteiger partial charge in [0, 0.05) is 0 Å². The van der Waals surface area contributed by atoms with Gasteiger partial charge in [0.2, 0.25) is 0 Å². The molecule has 0 unspecified atom stereocenters. The molecule has 1 fully saturated rings. The van der Waals surface area contributed by atoms with Crippen LogP contribution in [0.4, 0.5) is 0 Å². The van der Waals surface area contributed by atoms with Crippen LogP contribution >= 0.6 is 0 Å². The van der Waals surface area contributed by atoms with Gasteiger partial charge in [0.1, 0.15) is 0 Å². The van der Waals surface area contributed by atoms with Gasteiger partial charge in [-0.3, -0.25) is 9.79 Å². The topological polar surface area (TPSA) is 87.7 Å². The van der Waals surface area contributed by atoms with E-state index in [9.17, 15) is 4.79 Å². The van der Waals surface area contributed by atoms with Crippen molar-refractivity contribution in [1.82, 2.24) is 5.43 Å². The Labute approximate surface area is 64.3 Å². The number of hydrogen-bond acceptors (Lipinski definition) is 3. The summed E-state index contributed by atoms with van der Waals surface area (Å²) in [6.07, 6.45) is 3.14. The summed E-state index contributed by atoms with van der Waals surface area (Å²) in [5, 5.41) is 8.46. The van der Waals surface area contributed by atoms with Gasteiger partial charge in [-0.15, -0.1) is 0 Å². The van der Waals surface area contributed by atoms with Crippen molar-refractivity contribution in [3.63, 3.8) is 0 Å². The summed E-state index contributed by atoms with van der Waals surface area (Å²) in [6.45, 7) is 0. The Bertz CT molecular complexity index is 186. The largest absolute Gasteiger partial charge is 0.481 e. The second kappa shape index (κ2) is 2.87. The van der Waals surface area contributed by atoms with Crippen LogP contribution < -0.4 is 11.3 Å². The van der Waals surface area contributed by atoms with Crippen molar-refractivity contribution in [1.29, 1.82) is 0 Å². The maximum atomic E-state index is 10.3. The van der Waals surface area contributed by atoms with Gasteiger partial charge in [0.15, 0.2) is 0 Å². The first-order valence-corrected chi connectivity index (χ1v) is 3.40. The Morgan fingerprint density at radius 1 is 1.82 bits per heavy atom. The molecule has 0 bridgehead atoms. The highest BCUT2D eigenvalue weighted by atomic mass is 16.4. The molecule has 0 aromatic carbocycles. The molecule has 0 atom stereocenters. The minimum Gasteiger partial charge on any atom is -0.481 e. The van der Waals surface area contributed by atoms with E-state index < -0.39 is 5.97 Å². The summed E-state index contributed by atoms with van der Waals surface area (Å²) >= 11 is 0. The summed E-state index contributed by atoms with van der Waals surface area (Å²) in [4.78, 5) is 14.3. The van der Waals surface area contributed by atoms with E-state index in [-0.39, 0.29) is 12.0 Å². The molecule has 0 aromatic rings. The first-order valence-electron chi connectivity index (χ1n) is 3.40. The van der Waals surface area contributed by atoms with Gasteiger partial charge >= 0.3 is 5.97 Å². The highest BCUT2D eigenvalue weighted by Crippen LogP contribution is 2.42. The molecule has 0 spiro atoms. The number of carboxylic acids is 1. The molecule has 0 aliphatic heterocycles. The van der Waals surface area contributed by atoms with Crippen molar-refractivity contribution in [2.24, 2.45) is 10.8 Å². The molecule has 0 radical (unpaired) electrons. The van der Waals surface area contributed by atoms with Crippen molar-refractivity contribution in [2.45, 2.75) is 24.8 Å². The lowest BCUT2D eigenvalue weighted by atomic mass is 10.2. The molecule has 5 nitrogen and oxygen atoms in total. The molecular formula is C6H11N3O2.